The molecule has 2 aromatic rings. The number of aromatic hydroxyl groups is 1. The maximum atomic E-state index is 12.4. The van der Waals surface area contributed by atoms with Gasteiger partial charge in [-0.3, -0.25) is 14.9 Å². The summed E-state index contributed by atoms with van der Waals surface area (Å²) in [7, 11) is 1.41. The lowest BCUT2D eigenvalue weighted by Gasteiger charge is -2.27. The third-order valence-corrected chi connectivity index (χ3v) is 4.26. The Morgan fingerprint density at radius 1 is 1.44 bits per heavy atom. The van der Waals surface area contributed by atoms with Gasteiger partial charge >= 0.3 is 11.9 Å². The van der Waals surface area contributed by atoms with Crippen LogP contribution in [0.2, 0.25) is 0 Å². The average molecular weight is 346 g/mol. The molecule has 1 aliphatic heterocycles. The van der Waals surface area contributed by atoms with Crippen molar-refractivity contribution in [3.63, 3.8) is 0 Å². The molecule has 3 rings (SSSR count). The van der Waals surface area contributed by atoms with E-state index in [1.807, 2.05) is 13.8 Å². The number of phenolic OH excluding ortho intramolecular Hbond substituents is 1. The summed E-state index contributed by atoms with van der Waals surface area (Å²) in [5, 5.41) is 28.4. The molecule has 2 N–H and O–H groups in total. The molecule has 1 aliphatic rings. The van der Waals surface area contributed by atoms with Crippen molar-refractivity contribution >= 4 is 11.7 Å². The Bertz CT molecular complexity index is 845. The molecule has 0 bridgehead atoms. The number of benzene rings is 1. The van der Waals surface area contributed by atoms with Crippen LogP contribution < -0.4 is 10.1 Å². The Labute approximate surface area is 143 Å². The highest BCUT2D eigenvalue weighted by Gasteiger charge is 2.47. The van der Waals surface area contributed by atoms with Crippen molar-refractivity contribution < 1.29 is 19.6 Å². The minimum Gasteiger partial charge on any atom is -0.504 e. The number of nitro groups is 1. The number of amides is 1. The zero-order valence-corrected chi connectivity index (χ0v) is 14.0. The molecule has 0 radical (unpaired) electrons. The molecule has 0 spiro atoms. The van der Waals surface area contributed by atoms with Crippen molar-refractivity contribution in [2.45, 2.75) is 31.8 Å². The van der Waals surface area contributed by atoms with Crippen LogP contribution in [0.25, 0.3) is 0 Å². The van der Waals surface area contributed by atoms with Gasteiger partial charge in [-0.2, -0.15) is 5.10 Å². The van der Waals surface area contributed by atoms with E-state index in [2.05, 4.69) is 10.4 Å². The second-order valence-corrected chi connectivity index (χ2v) is 6.12. The number of hydrogen-bond acceptors (Lipinski definition) is 6. The molecule has 25 heavy (non-hydrogen) atoms. The molecule has 1 aromatic heterocycles. The van der Waals surface area contributed by atoms with Crippen molar-refractivity contribution in [3.05, 3.63) is 45.6 Å². The number of nitrogens with zero attached hydrogens (tertiary/aromatic N) is 3. The summed E-state index contributed by atoms with van der Waals surface area (Å²) in [6, 6.07) is 2.97. The number of ether oxygens (including phenoxy) is 1. The second kappa shape index (κ2) is 6.08. The van der Waals surface area contributed by atoms with E-state index in [1.54, 1.807) is 10.7 Å². The third kappa shape index (κ3) is 2.67. The Hall–Kier alpha value is -3.10. The first-order chi connectivity index (χ1) is 11.8. The van der Waals surface area contributed by atoms with Gasteiger partial charge in [0.15, 0.2) is 11.5 Å². The maximum absolute atomic E-state index is 12.4. The van der Waals surface area contributed by atoms with E-state index in [-0.39, 0.29) is 17.5 Å². The minimum atomic E-state index is -1.51. The number of aromatic nitrogens is 2. The molecule has 0 saturated heterocycles. The monoisotopic (exact) mass is 346 g/mol. The van der Waals surface area contributed by atoms with Gasteiger partial charge in [0, 0.05) is 16.5 Å². The fourth-order valence-electron chi connectivity index (χ4n) is 3.12. The van der Waals surface area contributed by atoms with Crippen molar-refractivity contribution in [3.8, 4) is 11.5 Å². The molecule has 9 heteroatoms. The van der Waals surface area contributed by atoms with Crippen LogP contribution in [0.1, 0.15) is 36.9 Å². The number of carbonyl (C=O) groups is 1. The van der Waals surface area contributed by atoms with E-state index in [9.17, 15) is 20.0 Å². The third-order valence-electron chi connectivity index (χ3n) is 4.26. The highest BCUT2D eigenvalue weighted by molar-refractivity contribution is 5.98. The normalized spacial score (nSPS) is 19.4. The first-order valence-corrected chi connectivity index (χ1v) is 7.73. The number of phenols is 1. The van der Waals surface area contributed by atoms with Crippen molar-refractivity contribution in [1.82, 2.24) is 9.78 Å². The highest BCUT2D eigenvalue weighted by Crippen LogP contribution is 2.41. The van der Waals surface area contributed by atoms with E-state index in [4.69, 9.17) is 4.74 Å². The first-order valence-electron chi connectivity index (χ1n) is 7.73. The molecule has 132 valence electrons. The van der Waals surface area contributed by atoms with Crippen LogP contribution in [-0.2, 0) is 4.79 Å². The van der Waals surface area contributed by atoms with Gasteiger partial charge in [0.25, 0.3) is 0 Å². The molecule has 1 amide bonds. The molecule has 1 aromatic carbocycles. The zero-order valence-electron chi connectivity index (χ0n) is 14.0. The molecule has 0 saturated carbocycles. The van der Waals surface area contributed by atoms with E-state index in [1.165, 1.54) is 25.4 Å². The lowest BCUT2D eigenvalue weighted by atomic mass is 9.83. The Morgan fingerprint density at radius 3 is 2.72 bits per heavy atom. The summed E-state index contributed by atoms with van der Waals surface area (Å²) < 4.78 is 6.62. The molecule has 0 unspecified atom stereocenters. The number of methoxy groups -OCH3 is 1. The van der Waals surface area contributed by atoms with Crippen LogP contribution in [0, 0.1) is 10.1 Å². The largest absolute Gasteiger partial charge is 0.504 e. The van der Waals surface area contributed by atoms with Crippen molar-refractivity contribution in [2.24, 2.45) is 0 Å². The fourth-order valence-corrected chi connectivity index (χ4v) is 3.12. The SMILES string of the molecule is COc1ccc([C@H]2c3cnn(C(C)C)c3NC(=O)[C@H]2[N+](=O)[O-])cc1O. The fraction of sp³-hybridized carbons (Fsp3) is 0.375. The van der Waals surface area contributed by atoms with Gasteiger partial charge < -0.3 is 15.2 Å². The lowest BCUT2D eigenvalue weighted by molar-refractivity contribution is -0.509. The Morgan fingerprint density at radius 2 is 2.16 bits per heavy atom. The number of hydrogen-bond donors (Lipinski definition) is 2. The summed E-state index contributed by atoms with van der Waals surface area (Å²) in [5.41, 5.74) is 0.985. The number of nitrogens with one attached hydrogen (secondary N) is 1. The number of carbonyl (C=O) groups excluding carboxylic acids is 1. The Balaban J connectivity index is 2.19. The summed E-state index contributed by atoms with van der Waals surface area (Å²) >= 11 is 0. The number of rotatable bonds is 4. The van der Waals surface area contributed by atoms with Crippen LogP contribution in [0.4, 0.5) is 5.82 Å². The molecule has 2 atom stereocenters. The maximum Gasteiger partial charge on any atom is 0.301 e. The summed E-state index contributed by atoms with van der Waals surface area (Å²) in [6.45, 7) is 3.79. The van der Waals surface area contributed by atoms with Crippen LogP contribution in [0.15, 0.2) is 24.4 Å². The van der Waals surface area contributed by atoms with E-state index < -0.39 is 22.8 Å². The summed E-state index contributed by atoms with van der Waals surface area (Å²) in [5.74, 6) is -1.02. The van der Waals surface area contributed by atoms with Gasteiger partial charge in [-0.05, 0) is 31.5 Å². The van der Waals surface area contributed by atoms with Crippen molar-refractivity contribution in [2.75, 3.05) is 12.4 Å². The molecule has 0 aliphatic carbocycles. The first kappa shape index (κ1) is 16.7. The van der Waals surface area contributed by atoms with E-state index >= 15 is 0 Å². The van der Waals surface area contributed by atoms with Crippen LogP contribution in [0.3, 0.4) is 0 Å². The number of fused-ring (bicyclic) bond motifs is 1. The molecular formula is C16H18N4O5. The summed E-state index contributed by atoms with van der Waals surface area (Å²) in [6.07, 6.45) is 1.53. The predicted molar refractivity (Wildman–Crippen MR) is 88.5 cm³/mol. The van der Waals surface area contributed by atoms with E-state index in [0.717, 1.165) is 0 Å². The summed E-state index contributed by atoms with van der Waals surface area (Å²) in [4.78, 5) is 23.3. The van der Waals surface area contributed by atoms with Gasteiger partial charge in [-0.1, -0.05) is 6.07 Å². The van der Waals surface area contributed by atoms with Gasteiger partial charge in [-0.15, -0.1) is 0 Å². The van der Waals surface area contributed by atoms with Gasteiger partial charge in [0.05, 0.1) is 19.2 Å². The van der Waals surface area contributed by atoms with Crippen molar-refractivity contribution in [1.29, 1.82) is 0 Å². The standard InChI is InChI=1S/C16H18N4O5/c1-8(2)19-15-10(7-17-19)13(14(20(23)24)16(22)18-15)9-4-5-12(25-3)11(21)6-9/h4-8,13-14,21H,1-3H3,(H,18,22)/t13-,14-/m0/s1. The van der Waals surface area contributed by atoms with E-state index in [0.29, 0.717) is 16.9 Å². The smallest absolute Gasteiger partial charge is 0.301 e. The van der Waals surface area contributed by atoms with Crippen LogP contribution in [0.5, 0.6) is 11.5 Å². The van der Waals surface area contributed by atoms with Crippen LogP contribution >= 0.6 is 0 Å². The molecule has 0 fully saturated rings. The quantitative estimate of drug-likeness (QED) is 0.644. The topological polar surface area (TPSA) is 120 Å². The number of anilines is 1. The van der Waals surface area contributed by atoms with Gasteiger partial charge in [0.2, 0.25) is 0 Å². The zero-order chi connectivity index (χ0) is 18.3. The molecule has 9 nitrogen and oxygen atoms in total. The average Bonchev–Trinajstić information content (AvgIpc) is 2.96. The van der Waals surface area contributed by atoms with Gasteiger partial charge in [0.1, 0.15) is 5.82 Å². The lowest BCUT2D eigenvalue weighted by Crippen LogP contribution is -2.44. The Kier molecular flexibility index (Phi) is 4.07. The minimum absolute atomic E-state index is 0.0267. The highest BCUT2D eigenvalue weighted by atomic mass is 16.6. The van der Waals surface area contributed by atoms with Gasteiger partial charge in [-0.25, -0.2) is 4.68 Å². The molecule has 2 heterocycles. The van der Waals surface area contributed by atoms with Crippen LogP contribution in [-0.4, -0.2) is 38.9 Å². The second-order valence-electron chi connectivity index (χ2n) is 6.12. The predicted octanol–water partition coefficient (Wildman–Crippen LogP) is 1.91. The molecular weight excluding hydrogens is 328 g/mol.